The number of rotatable bonds is 4. The third kappa shape index (κ3) is 3.38. The number of esters is 1. The Morgan fingerprint density at radius 1 is 1.40 bits per heavy atom. The molecule has 5 nitrogen and oxygen atoms in total. The maximum atomic E-state index is 10.9. The van der Waals surface area contributed by atoms with Crippen molar-refractivity contribution < 1.29 is 19.1 Å². The summed E-state index contributed by atoms with van der Waals surface area (Å²) in [5.74, 6) is -0.264. The van der Waals surface area contributed by atoms with E-state index in [2.05, 4.69) is 9.72 Å². The van der Waals surface area contributed by atoms with Gasteiger partial charge in [-0.3, -0.25) is 4.79 Å². The lowest BCUT2D eigenvalue weighted by atomic mass is 10.2. The molecule has 0 saturated heterocycles. The van der Waals surface area contributed by atoms with E-state index in [1.165, 1.54) is 26.3 Å². The molecular weight excluding hydrogens is 198 g/mol. The molecule has 0 bridgehead atoms. The van der Waals surface area contributed by atoms with E-state index >= 15 is 0 Å². The molecule has 0 N–H and O–H groups in total. The minimum absolute atomic E-state index is 0.0676. The highest BCUT2D eigenvalue weighted by atomic mass is 16.6. The molecule has 0 radical (unpaired) electrons. The lowest BCUT2D eigenvalue weighted by Gasteiger charge is -2.03. The van der Waals surface area contributed by atoms with Crippen LogP contribution in [0.15, 0.2) is 18.3 Å². The molecule has 0 fully saturated rings. The predicted molar refractivity (Wildman–Crippen MR) is 51.8 cm³/mol. The maximum Gasteiger partial charge on any atom is 0.343 e. The van der Waals surface area contributed by atoms with E-state index in [4.69, 9.17) is 4.74 Å². The topological polar surface area (TPSA) is 65.5 Å². The van der Waals surface area contributed by atoms with E-state index in [1.807, 2.05) is 0 Å². The molecule has 15 heavy (non-hydrogen) atoms. The van der Waals surface area contributed by atoms with Crippen LogP contribution in [0.25, 0.3) is 0 Å². The van der Waals surface area contributed by atoms with Gasteiger partial charge in [-0.1, -0.05) is 0 Å². The summed E-state index contributed by atoms with van der Waals surface area (Å²) in [5, 5.41) is 0. The Hall–Kier alpha value is -1.91. The number of carbonyl (C=O) groups is 2. The Morgan fingerprint density at radius 3 is 2.60 bits per heavy atom. The number of carbonyl (C=O) groups excluding carboxylic acids is 2. The van der Waals surface area contributed by atoms with Crippen molar-refractivity contribution in [1.29, 1.82) is 0 Å². The first-order chi connectivity index (χ1) is 7.13. The van der Waals surface area contributed by atoms with Gasteiger partial charge in [0.15, 0.2) is 12.4 Å². The minimum Gasteiger partial charge on any atom is -0.466 e. The molecule has 0 aliphatic heterocycles. The summed E-state index contributed by atoms with van der Waals surface area (Å²) in [6, 6.07) is 3.11. The first-order valence-electron chi connectivity index (χ1n) is 4.30. The van der Waals surface area contributed by atoms with Crippen LogP contribution in [0.2, 0.25) is 0 Å². The molecule has 1 heterocycles. The normalized spacial score (nSPS) is 9.47. The number of pyridine rings is 1. The number of aromatic nitrogens is 1. The molecule has 0 unspecified atom stereocenters. The number of ketones is 1. The summed E-state index contributed by atoms with van der Waals surface area (Å²) < 4.78 is 9.38. The molecule has 0 amide bonds. The summed E-state index contributed by atoms with van der Waals surface area (Å²) in [4.78, 5) is 25.5. The standard InChI is InChI=1S/C10H11NO4/c1-7(12)8-3-4-9(11-5-8)15-6-10(13)14-2/h3-5H,6H2,1-2H3. The fourth-order valence-electron chi connectivity index (χ4n) is 0.866. The van der Waals surface area contributed by atoms with Crippen LogP contribution >= 0.6 is 0 Å². The zero-order chi connectivity index (χ0) is 11.3. The van der Waals surface area contributed by atoms with Crippen LogP contribution in [0.3, 0.4) is 0 Å². The van der Waals surface area contributed by atoms with Gasteiger partial charge >= 0.3 is 5.97 Å². The summed E-state index contributed by atoms with van der Waals surface area (Å²) in [6.45, 7) is 1.26. The van der Waals surface area contributed by atoms with Gasteiger partial charge in [-0.05, 0) is 13.0 Å². The van der Waals surface area contributed by atoms with E-state index in [0.717, 1.165) is 0 Å². The maximum absolute atomic E-state index is 10.9. The molecule has 0 aliphatic carbocycles. The Labute approximate surface area is 87.0 Å². The van der Waals surface area contributed by atoms with Crippen LogP contribution < -0.4 is 4.74 Å². The largest absolute Gasteiger partial charge is 0.466 e. The molecule has 0 saturated carbocycles. The lowest BCUT2D eigenvalue weighted by molar-refractivity contribution is -0.143. The number of Topliss-reactive ketones (excluding diaryl/α,β-unsaturated/α-hetero) is 1. The molecule has 1 aromatic heterocycles. The van der Waals surface area contributed by atoms with E-state index < -0.39 is 5.97 Å². The molecule has 80 valence electrons. The van der Waals surface area contributed by atoms with E-state index in [1.54, 1.807) is 6.07 Å². The van der Waals surface area contributed by atoms with Crippen molar-refractivity contribution in [3.63, 3.8) is 0 Å². The van der Waals surface area contributed by atoms with Crippen molar-refractivity contribution in [2.75, 3.05) is 13.7 Å². The molecule has 0 spiro atoms. The van der Waals surface area contributed by atoms with Crippen molar-refractivity contribution in [1.82, 2.24) is 4.98 Å². The zero-order valence-electron chi connectivity index (χ0n) is 8.52. The highest BCUT2D eigenvalue weighted by Crippen LogP contribution is 2.07. The third-order valence-corrected chi connectivity index (χ3v) is 1.71. The van der Waals surface area contributed by atoms with Crippen molar-refractivity contribution >= 4 is 11.8 Å². The average Bonchev–Trinajstić information content (AvgIpc) is 2.26. The second-order valence-corrected chi connectivity index (χ2v) is 2.81. The number of ether oxygens (including phenoxy) is 2. The Morgan fingerprint density at radius 2 is 2.13 bits per heavy atom. The predicted octanol–water partition coefficient (Wildman–Crippen LogP) is 0.836. The average molecular weight is 209 g/mol. The highest BCUT2D eigenvalue weighted by Gasteiger charge is 2.03. The number of methoxy groups -OCH3 is 1. The fourth-order valence-corrected chi connectivity index (χ4v) is 0.866. The van der Waals surface area contributed by atoms with Crippen molar-refractivity contribution in [3.05, 3.63) is 23.9 Å². The minimum atomic E-state index is -0.479. The first kappa shape index (κ1) is 11.2. The van der Waals surface area contributed by atoms with Crippen molar-refractivity contribution in [2.45, 2.75) is 6.92 Å². The van der Waals surface area contributed by atoms with Crippen LogP contribution in [-0.2, 0) is 9.53 Å². The highest BCUT2D eigenvalue weighted by molar-refractivity contribution is 5.93. The van der Waals surface area contributed by atoms with Gasteiger partial charge in [0.25, 0.3) is 0 Å². The van der Waals surface area contributed by atoms with E-state index in [9.17, 15) is 9.59 Å². The third-order valence-electron chi connectivity index (χ3n) is 1.71. The van der Waals surface area contributed by atoms with Gasteiger partial charge in [-0.2, -0.15) is 0 Å². The van der Waals surface area contributed by atoms with Crippen molar-refractivity contribution in [3.8, 4) is 5.88 Å². The SMILES string of the molecule is COC(=O)COc1ccc(C(C)=O)cn1. The zero-order valence-corrected chi connectivity index (χ0v) is 8.52. The van der Waals surface area contributed by atoms with Gasteiger partial charge in [0, 0.05) is 17.8 Å². The molecule has 5 heteroatoms. The Bertz CT molecular complexity index is 358. The number of hydrogen-bond donors (Lipinski definition) is 0. The lowest BCUT2D eigenvalue weighted by Crippen LogP contribution is -2.13. The van der Waals surface area contributed by atoms with Crippen molar-refractivity contribution in [2.24, 2.45) is 0 Å². The van der Waals surface area contributed by atoms with Crippen LogP contribution in [0.4, 0.5) is 0 Å². The molecule has 0 aromatic carbocycles. The molecular formula is C10H11NO4. The Kier molecular flexibility index (Phi) is 3.79. The van der Waals surface area contributed by atoms with Gasteiger partial charge in [0.2, 0.25) is 5.88 Å². The summed E-state index contributed by atoms with van der Waals surface area (Å²) in [7, 11) is 1.28. The van der Waals surface area contributed by atoms with Gasteiger partial charge in [-0.15, -0.1) is 0 Å². The van der Waals surface area contributed by atoms with Crippen LogP contribution in [-0.4, -0.2) is 30.5 Å². The van der Waals surface area contributed by atoms with Gasteiger partial charge < -0.3 is 9.47 Å². The smallest absolute Gasteiger partial charge is 0.343 e. The van der Waals surface area contributed by atoms with Crippen LogP contribution in [0.1, 0.15) is 17.3 Å². The first-order valence-corrected chi connectivity index (χ1v) is 4.30. The van der Waals surface area contributed by atoms with E-state index in [0.29, 0.717) is 5.56 Å². The van der Waals surface area contributed by atoms with Gasteiger partial charge in [0.1, 0.15) is 0 Å². The fraction of sp³-hybridized carbons (Fsp3) is 0.300. The van der Waals surface area contributed by atoms with Gasteiger partial charge in [0.05, 0.1) is 7.11 Å². The second-order valence-electron chi connectivity index (χ2n) is 2.81. The molecule has 0 aliphatic rings. The second kappa shape index (κ2) is 5.09. The molecule has 1 rings (SSSR count). The number of hydrogen-bond acceptors (Lipinski definition) is 5. The summed E-state index contributed by atoms with van der Waals surface area (Å²) in [6.07, 6.45) is 1.40. The molecule has 0 atom stereocenters. The summed E-state index contributed by atoms with van der Waals surface area (Å²) >= 11 is 0. The van der Waals surface area contributed by atoms with Crippen LogP contribution in [0.5, 0.6) is 5.88 Å². The number of nitrogens with zero attached hydrogens (tertiary/aromatic N) is 1. The van der Waals surface area contributed by atoms with E-state index in [-0.39, 0.29) is 18.3 Å². The Balaban J connectivity index is 2.57. The molecule has 1 aromatic rings. The monoisotopic (exact) mass is 209 g/mol. The van der Waals surface area contributed by atoms with Crippen LogP contribution in [0, 0.1) is 0 Å². The summed E-state index contributed by atoms with van der Waals surface area (Å²) in [5.41, 5.74) is 0.500. The quantitative estimate of drug-likeness (QED) is 0.543. The van der Waals surface area contributed by atoms with Gasteiger partial charge in [-0.25, -0.2) is 9.78 Å².